The summed E-state index contributed by atoms with van der Waals surface area (Å²) in [5.74, 6) is 0.331. The number of hydrogen-bond acceptors (Lipinski definition) is 5. The van der Waals surface area contributed by atoms with E-state index >= 15 is 0 Å². The molecule has 2 rings (SSSR count). The smallest absolute Gasteiger partial charge is 0.311 e. The van der Waals surface area contributed by atoms with Crippen molar-refractivity contribution in [3.63, 3.8) is 0 Å². The minimum atomic E-state index is -0.523. The highest BCUT2D eigenvalue weighted by Crippen LogP contribution is 2.25. The van der Waals surface area contributed by atoms with Crippen LogP contribution in [0.5, 0.6) is 5.88 Å². The maximum atomic E-state index is 12.1. The van der Waals surface area contributed by atoms with Crippen molar-refractivity contribution in [3.8, 4) is 5.88 Å². The Labute approximate surface area is 125 Å². The van der Waals surface area contributed by atoms with Crippen molar-refractivity contribution < 1.29 is 14.3 Å². The molecule has 0 aliphatic carbocycles. The van der Waals surface area contributed by atoms with Crippen molar-refractivity contribution >= 4 is 11.5 Å². The first-order valence-corrected chi connectivity index (χ1v) is 7.05. The molecular formula is C16H22N2O3. The molecule has 21 heavy (non-hydrogen) atoms. The SMILES string of the molecule is COc1cccc(C2=CCNC[C@@H]2OC(=O)C(C)(C)C)n1. The van der Waals surface area contributed by atoms with Gasteiger partial charge in [-0.05, 0) is 26.8 Å². The standard InChI is InChI=1S/C16H22N2O3/c1-16(2,3)15(19)21-13-10-17-9-8-11(13)12-6-5-7-14(18-12)20-4/h5-8,13,17H,9-10H2,1-4H3/t13-/m0/s1. The lowest BCUT2D eigenvalue weighted by Gasteiger charge is -2.28. The predicted octanol–water partition coefficient (Wildman–Crippen LogP) is 2.03. The van der Waals surface area contributed by atoms with Crippen LogP contribution in [0.3, 0.4) is 0 Å². The first-order chi connectivity index (χ1) is 9.91. The molecule has 1 aliphatic heterocycles. The average molecular weight is 290 g/mol. The van der Waals surface area contributed by atoms with Gasteiger partial charge >= 0.3 is 5.97 Å². The minimum absolute atomic E-state index is 0.218. The van der Waals surface area contributed by atoms with Gasteiger partial charge in [0.1, 0.15) is 6.10 Å². The summed E-state index contributed by atoms with van der Waals surface area (Å²) in [6.45, 7) is 6.86. The lowest BCUT2D eigenvalue weighted by atomic mass is 9.96. The van der Waals surface area contributed by atoms with Crippen LogP contribution in [-0.2, 0) is 9.53 Å². The second-order valence-corrected chi connectivity index (χ2v) is 6.03. The molecule has 0 fully saturated rings. The third kappa shape index (κ3) is 3.82. The predicted molar refractivity (Wildman–Crippen MR) is 81.0 cm³/mol. The van der Waals surface area contributed by atoms with Gasteiger partial charge in [0.05, 0.1) is 18.2 Å². The Hall–Kier alpha value is -1.88. The first-order valence-electron chi connectivity index (χ1n) is 7.05. The van der Waals surface area contributed by atoms with Gasteiger partial charge in [-0.2, -0.15) is 0 Å². The molecule has 2 heterocycles. The molecule has 1 aromatic heterocycles. The van der Waals surface area contributed by atoms with Crippen molar-refractivity contribution in [2.45, 2.75) is 26.9 Å². The summed E-state index contributed by atoms with van der Waals surface area (Å²) in [4.78, 5) is 16.5. The van der Waals surface area contributed by atoms with E-state index in [9.17, 15) is 4.79 Å². The Balaban J connectivity index is 2.23. The van der Waals surface area contributed by atoms with E-state index in [1.54, 1.807) is 13.2 Å². The van der Waals surface area contributed by atoms with Crippen molar-refractivity contribution in [2.24, 2.45) is 5.41 Å². The summed E-state index contributed by atoms with van der Waals surface area (Å²) in [7, 11) is 1.58. The number of hydrogen-bond donors (Lipinski definition) is 1. The topological polar surface area (TPSA) is 60.5 Å². The van der Waals surface area contributed by atoms with Crippen LogP contribution in [0.15, 0.2) is 24.3 Å². The van der Waals surface area contributed by atoms with Gasteiger partial charge in [-0.25, -0.2) is 4.98 Å². The maximum absolute atomic E-state index is 12.1. The fourth-order valence-corrected chi connectivity index (χ4v) is 2.01. The number of methoxy groups -OCH3 is 1. The molecule has 1 aliphatic rings. The van der Waals surface area contributed by atoms with Gasteiger partial charge in [0, 0.05) is 24.7 Å². The third-order valence-corrected chi connectivity index (χ3v) is 3.23. The lowest BCUT2D eigenvalue weighted by molar-refractivity contribution is -0.155. The highest BCUT2D eigenvalue weighted by molar-refractivity contribution is 5.78. The molecule has 1 atom stereocenters. The molecule has 0 saturated heterocycles. The molecular weight excluding hydrogens is 268 g/mol. The van der Waals surface area contributed by atoms with Crippen molar-refractivity contribution in [3.05, 3.63) is 30.0 Å². The average Bonchev–Trinajstić information content (AvgIpc) is 2.47. The Kier molecular flexibility index (Phi) is 4.63. The van der Waals surface area contributed by atoms with Crippen LogP contribution >= 0.6 is 0 Å². The number of carbonyl (C=O) groups is 1. The zero-order chi connectivity index (χ0) is 15.5. The van der Waals surface area contributed by atoms with E-state index in [0.717, 1.165) is 17.8 Å². The van der Waals surface area contributed by atoms with Gasteiger partial charge in [-0.15, -0.1) is 0 Å². The number of pyridine rings is 1. The van der Waals surface area contributed by atoms with Crippen molar-refractivity contribution in [1.82, 2.24) is 10.3 Å². The molecule has 0 saturated carbocycles. The van der Waals surface area contributed by atoms with E-state index in [1.807, 2.05) is 39.0 Å². The summed E-state index contributed by atoms with van der Waals surface area (Å²) in [6, 6.07) is 5.57. The summed E-state index contributed by atoms with van der Waals surface area (Å²) in [5.41, 5.74) is 1.18. The zero-order valence-corrected chi connectivity index (χ0v) is 13.0. The van der Waals surface area contributed by atoms with Crippen molar-refractivity contribution in [1.29, 1.82) is 0 Å². The number of ether oxygens (including phenoxy) is 2. The Morgan fingerprint density at radius 2 is 2.14 bits per heavy atom. The van der Waals surface area contributed by atoms with Gasteiger partial charge in [0.25, 0.3) is 0 Å². The normalized spacial score (nSPS) is 18.9. The van der Waals surface area contributed by atoms with Crippen LogP contribution in [0.1, 0.15) is 26.5 Å². The number of nitrogens with zero attached hydrogens (tertiary/aromatic N) is 1. The Morgan fingerprint density at radius 3 is 2.81 bits per heavy atom. The molecule has 114 valence electrons. The van der Waals surface area contributed by atoms with Crippen molar-refractivity contribution in [2.75, 3.05) is 20.2 Å². The van der Waals surface area contributed by atoms with Gasteiger partial charge < -0.3 is 14.8 Å². The Bertz CT molecular complexity index is 547. The summed E-state index contributed by atoms with van der Waals surface area (Å²) in [6.07, 6.45) is 1.68. The lowest BCUT2D eigenvalue weighted by Crippen LogP contribution is -2.38. The largest absolute Gasteiger partial charge is 0.481 e. The highest BCUT2D eigenvalue weighted by Gasteiger charge is 2.29. The fourth-order valence-electron chi connectivity index (χ4n) is 2.01. The number of rotatable bonds is 3. The molecule has 0 unspecified atom stereocenters. The molecule has 0 amide bonds. The summed E-state index contributed by atoms with van der Waals surface area (Å²) >= 11 is 0. The number of aromatic nitrogens is 1. The molecule has 5 nitrogen and oxygen atoms in total. The van der Waals surface area contributed by atoms with Crippen LogP contribution in [0.4, 0.5) is 0 Å². The molecule has 0 aromatic carbocycles. The monoisotopic (exact) mass is 290 g/mol. The van der Waals surface area contributed by atoms with Crippen LogP contribution in [0.2, 0.25) is 0 Å². The zero-order valence-electron chi connectivity index (χ0n) is 13.0. The van der Waals surface area contributed by atoms with Gasteiger partial charge in [-0.3, -0.25) is 4.79 Å². The van der Waals surface area contributed by atoms with Crippen LogP contribution in [0.25, 0.3) is 5.57 Å². The number of nitrogens with one attached hydrogen (secondary N) is 1. The molecule has 5 heteroatoms. The molecule has 0 radical (unpaired) electrons. The van der Waals surface area contributed by atoms with E-state index < -0.39 is 5.41 Å². The third-order valence-electron chi connectivity index (χ3n) is 3.23. The van der Waals surface area contributed by atoms with E-state index in [0.29, 0.717) is 12.4 Å². The van der Waals surface area contributed by atoms with Gasteiger partial charge in [0.15, 0.2) is 0 Å². The first kappa shape index (κ1) is 15.5. The second kappa shape index (κ2) is 6.26. The molecule has 0 bridgehead atoms. The van der Waals surface area contributed by atoms with Gasteiger partial charge in [-0.1, -0.05) is 12.1 Å². The van der Waals surface area contributed by atoms with E-state index in [2.05, 4.69) is 10.3 Å². The maximum Gasteiger partial charge on any atom is 0.311 e. The second-order valence-electron chi connectivity index (χ2n) is 6.03. The van der Waals surface area contributed by atoms with E-state index in [1.165, 1.54) is 0 Å². The summed E-state index contributed by atoms with van der Waals surface area (Å²) in [5, 5.41) is 3.21. The number of carbonyl (C=O) groups excluding carboxylic acids is 1. The molecule has 1 N–H and O–H groups in total. The molecule has 1 aromatic rings. The summed E-state index contributed by atoms with van der Waals surface area (Å²) < 4.78 is 10.8. The van der Waals surface area contributed by atoms with Crippen LogP contribution < -0.4 is 10.1 Å². The quantitative estimate of drug-likeness (QED) is 0.863. The van der Waals surface area contributed by atoms with Crippen LogP contribution in [-0.4, -0.2) is 37.3 Å². The molecule has 0 spiro atoms. The van der Waals surface area contributed by atoms with Gasteiger partial charge in [0.2, 0.25) is 5.88 Å². The highest BCUT2D eigenvalue weighted by atomic mass is 16.5. The number of esters is 1. The Morgan fingerprint density at radius 1 is 1.38 bits per heavy atom. The fraction of sp³-hybridized carbons (Fsp3) is 0.500. The van der Waals surface area contributed by atoms with E-state index in [4.69, 9.17) is 9.47 Å². The van der Waals surface area contributed by atoms with E-state index in [-0.39, 0.29) is 12.1 Å². The minimum Gasteiger partial charge on any atom is -0.481 e. The van der Waals surface area contributed by atoms with Crippen LogP contribution in [0, 0.1) is 5.41 Å².